The molecule has 1 aromatic carbocycles. The minimum absolute atomic E-state index is 0.132. The van der Waals surface area contributed by atoms with Crippen molar-refractivity contribution >= 4 is 23.5 Å². The molecule has 0 N–H and O–H groups in total. The predicted molar refractivity (Wildman–Crippen MR) is 76.1 cm³/mol. The van der Waals surface area contributed by atoms with Crippen molar-refractivity contribution in [3.8, 4) is 0 Å². The Balaban J connectivity index is 2.15. The molecule has 0 aliphatic carbocycles. The van der Waals surface area contributed by atoms with Gasteiger partial charge in [-0.2, -0.15) is 0 Å². The number of nitrogens with zero attached hydrogens (tertiary/aromatic N) is 2. The summed E-state index contributed by atoms with van der Waals surface area (Å²) in [4.78, 5) is 29.7. The molecule has 98 valence electrons. The largest absolute Gasteiger partial charge is 0.287 e. The van der Waals surface area contributed by atoms with Gasteiger partial charge in [-0.25, -0.2) is 0 Å². The van der Waals surface area contributed by atoms with E-state index in [-0.39, 0.29) is 11.7 Å². The number of fused-ring (bicyclic) bond motifs is 1. The number of benzene rings is 1. The monoisotopic (exact) mass is 264 g/mol. The first kappa shape index (κ1) is 12.3. The first-order chi connectivity index (χ1) is 9.68. The fraction of sp³-hybridized carbons (Fsp3) is 0.0625. The van der Waals surface area contributed by atoms with Crippen molar-refractivity contribution in [3.63, 3.8) is 0 Å². The number of allylic oxidation sites excluding steroid dienone is 1. The van der Waals surface area contributed by atoms with Crippen molar-refractivity contribution < 1.29 is 9.59 Å². The van der Waals surface area contributed by atoms with Gasteiger partial charge in [-0.1, -0.05) is 12.1 Å². The molecule has 0 unspecified atom stereocenters. The molecule has 0 saturated carbocycles. The number of hydrogen-bond acceptors (Lipinski definition) is 3. The van der Waals surface area contributed by atoms with Crippen LogP contribution in [0.2, 0.25) is 0 Å². The first-order valence-corrected chi connectivity index (χ1v) is 6.24. The third-order valence-corrected chi connectivity index (χ3v) is 3.19. The molecule has 0 saturated heterocycles. The van der Waals surface area contributed by atoms with Gasteiger partial charge in [-0.05, 0) is 35.9 Å². The number of carbonyl (C=O) groups is 2. The van der Waals surface area contributed by atoms with Gasteiger partial charge in [-0.15, -0.1) is 0 Å². The maximum Gasteiger partial charge on any atom is 0.228 e. The van der Waals surface area contributed by atoms with Crippen LogP contribution in [-0.2, 0) is 4.79 Å². The first-order valence-electron chi connectivity index (χ1n) is 6.24. The van der Waals surface area contributed by atoms with Crippen molar-refractivity contribution in [3.05, 3.63) is 65.6 Å². The molecule has 0 bridgehead atoms. The molecule has 2 heterocycles. The topological polar surface area (TPSA) is 50.3 Å². The number of Topliss-reactive ketones (excluding diaryl/α,β-unsaturated/α-hetero) is 1. The zero-order chi connectivity index (χ0) is 14.1. The second-order valence-electron chi connectivity index (χ2n) is 4.51. The van der Waals surface area contributed by atoms with Crippen LogP contribution in [0.5, 0.6) is 0 Å². The highest BCUT2D eigenvalue weighted by atomic mass is 16.2. The van der Waals surface area contributed by atoms with Crippen LogP contribution in [0.25, 0.3) is 6.08 Å². The third-order valence-electron chi connectivity index (χ3n) is 3.19. The average Bonchev–Trinajstić information content (AvgIpc) is 2.74. The number of pyridine rings is 1. The van der Waals surface area contributed by atoms with E-state index in [0.29, 0.717) is 16.9 Å². The highest BCUT2D eigenvalue weighted by molar-refractivity contribution is 6.26. The van der Waals surface area contributed by atoms with Crippen LogP contribution in [0.1, 0.15) is 22.8 Å². The van der Waals surface area contributed by atoms with E-state index in [4.69, 9.17) is 0 Å². The summed E-state index contributed by atoms with van der Waals surface area (Å²) in [6.07, 6.45) is 5.01. The van der Waals surface area contributed by atoms with Crippen molar-refractivity contribution in [1.82, 2.24) is 4.98 Å². The molecule has 0 spiro atoms. The lowest BCUT2D eigenvalue weighted by atomic mass is 10.1. The normalized spacial score (nSPS) is 15.6. The summed E-state index contributed by atoms with van der Waals surface area (Å²) in [6.45, 7) is 1.45. The van der Waals surface area contributed by atoms with Crippen LogP contribution in [0.4, 0.5) is 5.69 Å². The van der Waals surface area contributed by atoms with Gasteiger partial charge in [-0.3, -0.25) is 19.5 Å². The summed E-state index contributed by atoms with van der Waals surface area (Å²) in [5.41, 5.74) is 2.42. The average molecular weight is 264 g/mol. The molecule has 20 heavy (non-hydrogen) atoms. The van der Waals surface area contributed by atoms with Gasteiger partial charge in [0.1, 0.15) is 0 Å². The van der Waals surface area contributed by atoms with Crippen LogP contribution in [-0.4, -0.2) is 16.7 Å². The molecule has 1 aliphatic rings. The minimum Gasteiger partial charge on any atom is -0.287 e. The molecule has 0 radical (unpaired) electrons. The van der Waals surface area contributed by atoms with Gasteiger partial charge in [0.05, 0.1) is 11.4 Å². The van der Waals surface area contributed by atoms with E-state index < -0.39 is 0 Å². The molecule has 2 aromatic rings. The molecule has 4 nitrogen and oxygen atoms in total. The molecular formula is C16H12N2O2. The molecule has 0 atom stereocenters. The van der Waals surface area contributed by atoms with Crippen molar-refractivity contribution in [2.24, 2.45) is 0 Å². The lowest BCUT2D eigenvalue weighted by molar-refractivity contribution is -0.116. The predicted octanol–water partition coefficient (Wildman–Crippen LogP) is 2.67. The van der Waals surface area contributed by atoms with E-state index in [2.05, 4.69) is 4.98 Å². The Morgan fingerprint density at radius 2 is 1.85 bits per heavy atom. The van der Waals surface area contributed by atoms with Gasteiger partial charge < -0.3 is 0 Å². The standard InChI is InChI=1S/C16H12N2O2/c1-11(19)18-14-5-3-2-4-13(14)16(20)15(18)10-12-6-8-17-9-7-12/h2-10H,1H3/b15-10+. The number of aromatic nitrogens is 1. The summed E-state index contributed by atoms with van der Waals surface area (Å²) in [5.74, 6) is -0.309. The molecule has 1 aromatic heterocycles. The summed E-state index contributed by atoms with van der Waals surface area (Å²) in [6, 6.07) is 10.7. The number of hydrogen-bond donors (Lipinski definition) is 0. The number of ketones is 1. The van der Waals surface area contributed by atoms with E-state index in [1.807, 2.05) is 6.07 Å². The summed E-state index contributed by atoms with van der Waals surface area (Å²) in [5, 5.41) is 0. The van der Waals surface area contributed by atoms with Crippen molar-refractivity contribution in [1.29, 1.82) is 0 Å². The molecule has 1 amide bonds. The van der Waals surface area contributed by atoms with Gasteiger partial charge in [0.15, 0.2) is 0 Å². The Kier molecular flexibility index (Phi) is 2.91. The van der Waals surface area contributed by atoms with Crippen LogP contribution in [0.3, 0.4) is 0 Å². The van der Waals surface area contributed by atoms with E-state index >= 15 is 0 Å². The molecule has 4 heteroatoms. The fourth-order valence-electron chi connectivity index (χ4n) is 2.32. The highest BCUT2D eigenvalue weighted by Crippen LogP contribution is 2.35. The number of carbonyl (C=O) groups excluding carboxylic acids is 2. The Bertz CT molecular complexity index is 720. The maximum absolute atomic E-state index is 12.4. The highest BCUT2D eigenvalue weighted by Gasteiger charge is 2.34. The number of amides is 1. The van der Waals surface area contributed by atoms with Gasteiger partial charge in [0, 0.05) is 24.9 Å². The van der Waals surface area contributed by atoms with Crippen molar-refractivity contribution in [2.45, 2.75) is 6.92 Å². The summed E-state index contributed by atoms with van der Waals surface area (Å²) in [7, 11) is 0. The van der Waals surface area contributed by atoms with Crippen LogP contribution in [0.15, 0.2) is 54.5 Å². The van der Waals surface area contributed by atoms with E-state index in [0.717, 1.165) is 5.56 Å². The zero-order valence-electron chi connectivity index (χ0n) is 10.9. The molecular weight excluding hydrogens is 252 g/mol. The lowest BCUT2D eigenvalue weighted by Gasteiger charge is -2.15. The van der Waals surface area contributed by atoms with E-state index in [1.54, 1.807) is 48.8 Å². The number of para-hydroxylation sites is 1. The Labute approximate surface area is 116 Å². The second-order valence-corrected chi connectivity index (χ2v) is 4.51. The van der Waals surface area contributed by atoms with Crippen molar-refractivity contribution in [2.75, 3.05) is 4.90 Å². The van der Waals surface area contributed by atoms with Crippen LogP contribution in [0, 0.1) is 0 Å². The van der Waals surface area contributed by atoms with Gasteiger partial charge in [0.25, 0.3) is 0 Å². The van der Waals surface area contributed by atoms with Crippen LogP contribution >= 0.6 is 0 Å². The SMILES string of the molecule is CC(=O)N1/C(=C/c2ccncc2)C(=O)c2ccccc21. The lowest BCUT2D eigenvalue weighted by Crippen LogP contribution is -2.25. The van der Waals surface area contributed by atoms with E-state index in [1.165, 1.54) is 11.8 Å². The smallest absolute Gasteiger partial charge is 0.228 e. The summed E-state index contributed by atoms with van der Waals surface area (Å²) < 4.78 is 0. The fourth-order valence-corrected chi connectivity index (χ4v) is 2.32. The molecule has 1 aliphatic heterocycles. The molecule has 3 rings (SSSR count). The quantitative estimate of drug-likeness (QED) is 0.744. The Morgan fingerprint density at radius 1 is 1.15 bits per heavy atom. The Hall–Kier alpha value is -2.75. The zero-order valence-corrected chi connectivity index (χ0v) is 10.9. The second kappa shape index (κ2) is 4.74. The molecule has 0 fully saturated rings. The Morgan fingerprint density at radius 3 is 2.55 bits per heavy atom. The minimum atomic E-state index is -0.177. The van der Waals surface area contributed by atoms with Gasteiger partial charge >= 0.3 is 0 Å². The number of rotatable bonds is 1. The van der Waals surface area contributed by atoms with Crippen LogP contribution < -0.4 is 4.90 Å². The maximum atomic E-state index is 12.4. The van der Waals surface area contributed by atoms with E-state index in [9.17, 15) is 9.59 Å². The summed E-state index contributed by atoms with van der Waals surface area (Å²) >= 11 is 0. The van der Waals surface area contributed by atoms with Gasteiger partial charge in [0.2, 0.25) is 11.7 Å². The third kappa shape index (κ3) is 1.91. The number of anilines is 1.